The maximum absolute atomic E-state index is 8.58. The number of rotatable bonds is 0. The van der Waals surface area contributed by atoms with Crippen LogP contribution in [-0.4, -0.2) is 4.98 Å². The van der Waals surface area contributed by atoms with Crippen LogP contribution in [0.4, 0.5) is 0 Å². The van der Waals surface area contributed by atoms with Gasteiger partial charge in [-0.05, 0) is 24.1 Å². The normalized spacial score (nSPS) is 14.1. The van der Waals surface area contributed by atoms with Crippen LogP contribution in [0, 0.1) is 11.3 Å². The van der Waals surface area contributed by atoms with E-state index in [-0.39, 0.29) is 0 Å². The Balaban J connectivity index is 2.78. The summed E-state index contributed by atoms with van der Waals surface area (Å²) in [6.07, 6.45) is 6.47. The van der Waals surface area contributed by atoms with Gasteiger partial charge in [0.25, 0.3) is 0 Å². The molecule has 0 bridgehead atoms. The molecule has 11 heavy (non-hydrogen) atoms. The van der Waals surface area contributed by atoms with Gasteiger partial charge in [-0.2, -0.15) is 5.26 Å². The molecule has 0 saturated heterocycles. The van der Waals surface area contributed by atoms with E-state index in [0.29, 0.717) is 5.69 Å². The fourth-order valence-corrected chi connectivity index (χ4v) is 1.35. The van der Waals surface area contributed by atoms with Crippen molar-refractivity contribution < 1.29 is 0 Å². The molecule has 1 aromatic rings. The summed E-state index contributed by atoms with van der Waals surface area (Å²) in [6, 6.07) is 3.98. The van der Waals surface area contributed by atoms with Gasteiger partial charge < -0.3 is 4.98 Å². The van der Waals surface area contributed by atoms with E-state index in [1.165, 1.54) is 5.22 Å². The van der Waals surface area contributed by atoms with E-state index in [1.54, 1.807) is 0 Å². The predicted octanol–water partition coefficient (Wildman–Crippen LogP) is 0.241. The van der Waals surface area contributed by atoms with Crippen molar-refractivity contribution in [1.29, 1.82) is 5.26 Å². The Kier molecular flexibility index (Phi) is 1.29. The van der Waals surface area contributed by atoms with Crippen LogP contribution >= 0.6 is 0 Å². The number of H-pyrrole nitrogens is 1. The zero-order valence-electron chi connectivity index (χ0n) is 6.09. The molecule has 0 radical (unpaired) electrons. The molecule has 0 aromatic carbocycles. The summed E-state index contributed by atoms with van der Waals surface area (Å²) in [5.74, 6) is 0. The molecule has 2 rings (SSSR count). The molecule has 54 valence electrons. The molecule has 1 aromatic heterocycles. The first kappa shape index (κ1) is 6.23. The van der Waals surface area contributed by atoms with E-state index in [4.69, 9.17) is 5.26 Å². The van der Waals surface area contributed by atoms with Crippen LogP contribution in [0.1, 0.15) is 18.5 Å². The van der Waals surface area contributed by atoms with Gasteiger partial charge in [0.05, 0.1) is 0 Å². The number of nitrogens with zero attached hydrogens (tertiary/aromatic N) is 1. The highest BCUT2D eigenvalue weighted by atomic mass is 14.7. The van der Waals surface area contributed by atoms with Crippen molar-refractivity contribution in [3.63, 3.8) is 0 Å². The van der Waals surface area contributed by atoms with Gasteiger partial charge in [0, 0.05) is 5.35 Å². The predicted molar refractivity (Wildman–Crippen MR) is 42.9 cm³/mol. The lowest BCUT2D eigenvalue weighted by atomic mass is 10.2. The monoisotopic (exact) mass is 144 g/mol. The Labute approximate surface area is 64.5 Å². The van der Waals surface area contributed by atoms with E-state index < -0.39 is 0 Å². The second-order valence-electron chi connectivity index (χ2n) is 2.65. The summed E-state index contributed by atoms with van der Waals surface area (Å²) in [4.78, 5) is 3.04. The summed E-state index contributed by atoms with van der Waals surface area (Å²) in [5.41, 5.74) is 0.657. The highest BCUT2D eigenvalue weighted by Gasteiger charge is 1.97. The Morgan fingerprint density at radius 1 is 1.36 bits per heavy atom. The lowest BCUT2D eigenvalue weighted by Crippen LogP contribution is -2.23. The molecule has 1 aliphatic rings. The summed E-state index contributed by atoms with van der Waals surface area (Å²) < 4.78 is 0. The first-order chi connectivity index (χ1) is 5.40. The quantitative estimate of drug-likeness (QED) is 0.556. The molecule has 0 amide bonds. The smallest absolute Gasteiger partial charge is 0.118 e. The molecule has 0 fully saturated rings. The van der Waals surface area contributed by atoms with E-state index in [9.17, 15) is 0 Å². The fourth-order valence-electron chi connectivity index (χ4n) is 1.35. The van der Waals surface area contributed by atoms with Crippen LogP contribution in [0.15, 0.2) is 6.07 Å². The van der Waals surface area contributed by atoms with Gasteiger partial charge in [0.15, 0.2) is 0 Å². The second kappa shape index (κ2) is 2.28. The molecule has 0 spiro atoms. The number of aromatic amines is 1. The van der Waals surface area contributed by atoms with Gasteiger partial charge in [-0.1, -0.05) is 12.2 Å². The first-order valence-electron chi connectivity index (χ1n) is 3.69. The van der Waals surface area contributed by atoms with E-state index in [0.717, 1.165) is 18.2 Å². The number of fused-ring (bicyclic) bond motifs is 1. The third-order valence-electron chi connectivity index (χ3n) is 1.88. The lowest BCUT2D eigenvalue weighted by Gasteiger charge is -1.91. The maximum atomic E-state index is 8.58. The highest BCUT2D eigenvalue weighted by molar-refractivity contribution is 5.39. The van der Waals surface area contributed by atoms with Crippen LogP contribution in [0.25, 0.3) is 12.2 Å². The number of nitriles is 1. The Bertz CT molecular complexity index is 384. The molecule has 1 N–H and O–H groups in total. The van der Waals surface area contributed by atoms with Crippen LogP contribution in [0.3, 0.4) is 0 Å². The zero-order valence-corrected chi connectivity index (χ0v) is 6.09. The fraction of sp³-hybridized carbons (Fsp3) is 0.222. The molecule has 0 unspecified atom stereocenters. The lowest BCUT2D eigenvalue weighted by molar-refractivity contribution is 1.10. The van der Waals surface area contributed by atoms with Crippen molar-refractivity contribution in [2.45, 2.75) is 12.8 Å². The van der Waals surface area contributed by atoms with Gasteiger partial charge in [-0.25, -0.2) is 0 Å². The first-order valence-corrected chi connectivity index (χ1v) is 3.69. The Morgan fingerprint density at radius 3 is 2.91 bits per heavy atom. The molecule has 1 aliphatic carbocycles. The standard InChI is InChI=1S/C9H8N2/c10-6-8-5-7-3-1-2-4-9(7)11-8/h3-5,11H,1-2H2. The zero-order chi connectivity index (χ0) is 7.68. The van der Waals surface area contributed by atoms with Gasteiger partial charge in [-0.3, -0.25) is 0 Å². The molecule has 0 aliphatic heterocycles. The third kappa shape index (κ3) is 0.947. The van der Waals surface area contributed by atoms with Crippen molar-refractivity contribution in [2.24, 2.45) is 0 Å². The van der Waals surface area contributed by atoms with Crippen molar-refractivity contribution in [1.82, 2.24) is 4.98 Å². The molecular weight excluding hydrogens is 136 g/mol. The average Bonchev–Trinajstić information content (AvgIpc) is 2.46. The average molecular weight is 144 g/mol. The third-order valence-corrected chi connectivity index (χ3v) is 1.88. The van der Waals surface area contributed by atoms with Gasteiger partial charge in [-0.15, -0.1) is 0 Å². The van der Waals surface area contributed by atoms with E-state index in [1.807, 2.05) is 6.07 Å². The van der Waals surface area contributed by atoms with Gasteiger partial charge in [0.2, 0.25) is 0 Å². The summed E-state index contributed by atoms with van der Waals surface area (Å²) in [7, 11) is 0. The second-order valence-corrected chi connectivity index (χ2v) is 2.65. The molecule has 2 nitrogen and oxygen atoms in total. The molecular formula is C9H8N2. The number of nitrogens with one attached hydrogen (secondary N) is 1. The number of hydrogen-bond acceptors (Lipinski definition) is 1. The van der Waals surface area contributed by atoms with Crippen LogP contribution in [0.2, 0.25) is 0 Å². The van der Waals surface area contributed by atoms with Crippen molar-refractivity contribution in [2.75, 3.05) is 0 Å². The molecule has 1 heterocycles. The topological polar surface area (TPSA) is 39.6 Å². The highest BCUT2D eigenvalue weighted by Crippen LogP contribution is 1.94. The van der Waals surface area contributed by atoms with E-state index >= 15 is 0 Å². The van der Waals surface area contributed by atoms with Crippen LogP contribution in [-0.2, 0) is 0 Å². The molecule has 0 atom stereocenters. The SMILES string of the molecule is N#Cc1cc2c([nH]1)=CCCC=2. The van der Waals surface area contributed by atoms with Crippen LogP contribution < -0.4 is 10.6 Å². The minimum Gasteiger partial charge on any atom is -0.347 e. The Hall–Kier alpha value is -1.49. The van der Waals surface area contributed by atoms with E-state index in [2.05, 4.69) is 23.2 Å². The Morgan fingerprint density at radius 2 is 2.18 bits per heavy atom. The van der Waals surface area contributed by atoms with Crippen molar-refractivity contribution >= 4 is 12.2 Å². The summed E-state index contributed by atoms with van der Waals surface area (Å²) >= 11 is 0. The van der Waals surface area contributed by atoms with Crippen LogP contribution in [0.5, 0.6) is 0 Å². The minimum absolute atomic E-state index is 0.657. The molecule has 2 heteroatoms. The summed E-state index contributed by atoms with van der Waals surface area (Å²) in [6.45, 7) is 0. The minimum atomic E-state index is 0.657. The van der Waals surface area contributed by atoms with Crippen molar-refractivity contribution in [3.8, 4) is 6.07 Å². The van der Waals surface area contributed by atoms with Crippen molar-refractivity contribution in [3.05, 3.63) is 22.3 Å². The largest absolute Gasteiger partial charge is 0.347 e. The molecule has 0 saturated carbocycles. The van der Waals surface area contributed by atoms with Gasteiger partial charge in [0.1, 0.15) is 11.8 Å². The maximum Gasteiger partial charge on any atom is 0.118 e. The number of hydrogen-bond donors (Lipinski definition) is 1. The van der Waals surface area contributed by atoms with Gasteiger partial charge >= 0.3 is 0 Å². The number of aromatic nitrogens is 1. The summed E-state index contributed by atoms with van der Waals surface area (Å²) in [5, 5.41) is 10.9.